The fraction of sp³-hybridized carbons (Fsp3) is 0.400. The first kappa shape index (κ1) is 9.30. The largest absolute Gasteiger partial charge is 0.504 e. The summed E-state index contributed by atoms with van der Waals surface area (Å²) in [6, 6.07) is 3.00. The van der Waals surface area contributed by atoms with Gasteiger partial charge in [-0.05, 0) is 30.2 Å². The molecular formula is C10H13NO3. The molecule has 0 aromatic heterocycles. The van der Waals surface area contributed by atoms with Gasteiger partial charge < -0.3 is 20.6 Å². The van der Waals surface area contributed by atoms with E-state index in [1.54, 1.807) is 0 Å². The first-order chi connectivity index (χ1) is 6.59. The lowest BCUT2D eigenvalue weighted by atomic mass is 9.93. The molecule has 0 saturated heterocycles. The highest BCUT2D eigenvalue weighted by Gasteiger charge is 2.24. The number of benzene rings is 1. The van der Waals surface area contributed by atoms with Crippen LogP contribution in [0.5, 0.6) is 11.5 Å². The molecule has 2 rings (SSSR count). The highest BCUT2D eigenvalue weighted by atomic mass is 16.3. The Balaban J connectivity index is 2.56. The zero-order chi connectivity index (χ0) is 10.3. The van der Waals surface area contributed by atoms with Crippen LogP contribution in [0.2, 0.25) is 0 Å². The van der Waals surface area contributed by atoms with Crippen LogP contribution in [0.4, 0.5) is 0 Å². The maximum absolute atomic E-state index is 9.64. The average Bonchev–Trinajstić information content (AvgIpc) is 2.15. The molecule has 1 aliphatic heterocycles. The van der Waals surface area contributed by atoms with Crippen molar-refractivity contribution in [1.29, 1.82) is 0 Å². The molecule has 0 unspecified atom stereocenters. The van der Waals surface area contributed by atoms with Gasteiger partial charge in [-0.25, -0.2) is 0 Å². The summed E-state index contributed by atoms with van der Waals surface area (Å²) in [4.78, 5) is 0. The van der Waals surface area contributed by atoms with E-state index in [1.807, 2.05) is 6.92 Å². The summed E-state index contributed by atoms with van der Waals surface area (Å²) in [7, 11) is 0. The Morgan fingerprint density at radius 2 is 1.79 bits per heavy atom. The fourth-order valence-corrected chi connectivity index (χ4v) is 1.78. The van der Waals surface area contributed by atoms with Gasteiger partial charge in [-0.3, -0.25) is 0 Å². The van der Waals surface area contributed by atoms with Gasteiger partial charge in [-0.2, -0.15) is 0 Å². The molecule has 0 amide bonds. The summed E-state index contributed by atoms with van der Waals surface area (Å²) in [5.74, 6) is -0.330. The van der Waals surface area contributed by atoms with Crippen LogP contribution < -0.4 is 5.32 Å². The summed E-state index contributed by atoms with van der Waals surface area (Å²) in [6.07, 6.45) is -0.618. The predicted octanol–water partition coefficient (Wildman–Crippen LogP) is 0.795. The van der Waals surface area contributed by atoms with E-state index in [2.05, 4.69) is 5.32 Å². The van der Waals surface area contributed by atoms with Crippen LogP contribution >= 0.6 is 0 Å². The predicted molar refractivity (Wildman–Crippen MR) is 51.1 cm³/mol. The molecular weight excluding hydrogens is 182 g/mol. The number of fused-ring (bicyclic) bond motifs is 1. The summed E-state index contributed by atoms with van der Waals surface area (Å²) in [5.41, 5.74) is 1.52. The van der Waals surface area contributed by atoms with Crippen LogP contribution in [-0.2, 0) is 0 Å². The second-order valence-corrected chi connectivity index (χ2v) is 3.62. The minimum absolute atomic E-state index is 0.0832. The normalized spacial score (nSPS) is 25.9. The maximum atomic E-state index is 9.64. The molecule has 1 heterocycles. The van der Waals surface area contributed by atoms with Crippen molar-refractivity contribution in [1.82, 2.24) is 5.32 Å². The van der Waals surface area contributed by atoms with Crippen LogP contribution in [0, 0.1) is 0 Å². The number of hydrogen-bond acceptors (Lipinski definition) is 4. The van der Waals surface area contributed by atoms with Gasteiger partial charge >= 0.3 is 0 Å². The lowest BCUT2D eigenvalue weighted by Gasteiger charge is -2.28. The zero-order valence-electron chi connectivity index (χ0n) is 7.86. The number of phenols is 2. The van der Waals surface area contributed by atoms with Crippen molar-refractivity contribution in [3.05, 3.63) is 23.3 Å². The molecule has 4 N–H and O–H groups in total. The Hall–Kier alpha value is -1.26. The summed E-state index contributed by atoms with van der Waals surface area (Å²) >= 11 is 0. The van der Waals surface area contributed by atoms with Crippen molar-refractivity contribution in [3.63, 3.8) is 0 Å². The molecule has 76 valence electrons. The van der Waals surface area contributed by atoms with Crippen LogP contribution in [0.15, 0.2) is 12.1 Å². The molecule has 4 nitrogen and oxygen atoms in total. The second kappa shape index (κ2) is 3.15. The van der Waals surface area contributed by atoms with Crippen molar-refractivity contribution >= 4 is 0 Å². The van der Waals surface area contributed by atoms with Crippen molar-refractivity contribution in [2.45, 2.75) is 19.1 Å². The highest BCUT2D eigenvalue weighted by molar-refractivity contribution is 5.48. The van der Waals surface area contributed by atoms with Crippen LogP contribution in [0.3, 0.4) is 0 Å². The van der Waals surface area contributed by atoms with Gasteiger partial charge in [0.25, 0.3) is 0 Å². The second-order valence-electron chi connectivity index (χ2n) is 3.62. The Morgan fingerprint density at radius 3 is 2.43 bits per heavy atom. The number of aliphatic hydroxyl groups is 1. The minimum Gasteiger partial charge on any atom is -0.504 e. The Morgan fingerprint density at radius 1 is 1.21 bits per heavy atom. The summed E-state index contributed by atoms with van der Waals surface area (Å²) in [5, 5.41) is 31.3. The van der Waals surface area contributed by atoms with Crippen LogP contribution in [0.1, 0.15) is 30.2 Å². The van der Waals surface area contributed by atoms with Gasteiger partial charge in [0.1, 0.15) is 0 Å². The molecule has 1 aromatic rings. The van der Waals surface area contributed by atoms with E-state index in [4.69, 9.17) is 0 Å². The standard InChI is InChI=1S/C10H13NO3/c1-5-6-2-8(12)9(13)3-7(6)10(14)4-11-5/h2-3,5,10-14H,4H2,1H3/t5-,10+/m1/s1. The van der Waals surface area contributed by atoms with Crippen LogP contribution in [0.25, 0.3) is 0 Å². The van der Waals surface area contributed by atoms with Crippen molar-refractivity contribution in [2.24, 2.45) is 0 Å². The van der Waals surface area contributed by atoms with Gasteiger partial charge in [0.05, 0.1) is 6.10 Å². The number of hydrogen-bond donors (Lipinski definition) is 4. The number of nitrogens with one attached hydrogen (secondary N) is 1. The third kappa shape index (κ3) is 1.32. The lowest BCUT2D eigenvalue weighted by Crippen LogP contribution is -2.31. The molecule has 1 aliphatic rings. The molecule has 0 radical (unpaired) electrons. The Bertz CT molecular complexity index is 330. The quantitative estimate of drug-likeness (QED) is 0.462. The molecule has 0 fully saturated rings. The Kier molecular flexibility index (Phi) is 2.09. The topological polar surface area (TPSA) is 72.7 Å². The number of β-amino-alcohol motifs (C(OH)–C–C–N with tert-alkyl or cyclic N) is 1. The number of aromatic hydroxyl groups is 2. The third-order valence-electron chi connectivity index (χ3n) is 2.62. The molecule has 0 saturated carbocycles. The molecule has 14 heavy (non-hydrogen) atoms. The summed E-state index contributed by atoms with van der Waals surface area (Å²) < 4.78 is 0. The first-order valence-electron chi connectivity index (χ1n) is 4.57. The first-order valence-corrected chi connectivity index (χ1v) is 4.57. The van der Waals surface area contributed by atoms with E-state index in [-0.39, 0.29) is 17.5 Å². The van der Waals surface area contributed by atoms with Gasteiger partial charge in [-0.15, -0.1) is 0 Å². The molecule has 0 bridgehead atoms. The van der Waals surface area contributed by atoms with Gasteiger partial charge in [0, 0.05) is 12.6 Å². The Labute approximate surface area is 81.8 Å². The minimum atomic E-state index is -0.618. The van der Waals surface area contributed by atoms with E-state index in [1.165, 1.54) is 12.1 Å². The van der Waals surface area contributed by atoms with Gasteiger partial charge in [0.15, 0.2) is 11.5 Å². The van der Waals surface area contributed by atoms with E-state index in [0.717, 1.165) is 5.56 Å². The number of phenolic OH excluding ortho intramolecular Hbond substituents is 2. The van der Waals surface area contributed by atoms with E-state index < -0.39 is 6.10 Å². The van der Waals surface area contributed by atoms with Crippen LogP contribution in [-0.4, -0.2) is 21.9 Å². The molecule has 2 atom stereocenters. The van der Waals surface area contributed by atoms with E-state index in [9.17, 15) is 15.3 Å². The molecule has 1 aromatic carbocycles. The number of rotatable bonds is 0. The highest BCUT2D eigenvalue weighted by Crippen LogP contribution is 2.36. The van der Waals surface area contributed by atoms with E-state index in [0.29, 0.717) is 12.1 Å². The van der Waals surface area contributed by atoms with Crippen molar-refractivity contribution in [2.75, 3.05) is 6.54 Å². The average molecular weight is 195 g/mol. The molecule has 4 heteroatoms. The smallest absolute Gasteiger partial charge is 0.157 e. The zero-order valence-corrected chi connectivity index (χ0v) is 7.86. The van der Waals surface area contributed by atoms with Crippen molar-refractivity contribution < 1.29 is 15.3 Å². The SMILES string of the molecule is C[C@H]1NC[C@H](O)c2cc(O)c(O)cc21. The molecule has 0 spiro atoms. The fourth-order valence-electron chi connectivity index (χ4n) is 1.78. The maximum Gasteiger partial charge on any atom is 0.157 e. The molecule has 0 aliphatic carbocycles. The lowest BCUT2D eigenvalue weighted by molar-refractivity contribution is 0.158. The monoisotopic (exact) mass is 195 g/mol. The van der Waals surface area contributed by atoms with Gasteiger partial charge in [-0.1, -0.05) is 0 Å². The van der Waals surface area contributed by atoms with Gasteiger partial charge in [0.2, 0.25) is 0 Å². The van der Waals surface area contributed by atoms with Crippen molar-refractivity contribution in [3.8, 4) is 11.5 Å². The summed E-state index contributed by atoms with van der Waals surface area (Å²) in [6.45, 7) is 2.42. The third-order valence-corrected chi connectivity index (χ3v) is 2.62. The number of aliphatic hydroxyl groups excluding tert-OH is 1. The van der Waals surface area contributed by atoms with E-state index >= 15 is 0 Å².